The normalized spacial score (nSPS) is 11.6. The third-order valence-corrected chi connectivity index (χ3v) is 11.5. The molecule has 244 valence electrons. The van der Waals surface area contributed by atoms with Gasteiger partial charge in [-0.3, -0.25) is 0 Å². The van der Waals surface area contributed by atoms with Crippen molar-refractivity contribution in [3.05, 3.63) is 133 Å². The van der Waals surface area contributed by atoms with E-state index < -0.39 is 0 Å². The zero-order valence-corrected chi connectivity index (χ0v) is 30.1. The van der Waals surface area contributed by atoms with Crippen LogP contribution in [-0.2, 0) is 0 Å². The summed E-state index contributed by atoms with van der Waals surface area (Å²) in [5.74, 6) is 1.58. The lowest BCUT2D eigenvalue weighted by Gasteiger charge is -2.21. The molecule has 0 N–H and O–H groups in total. The minimum atomic E-state index is 0.174. The fourth-order valence-electron chi connectivity index (χ4n) is 7.36. The second kappa shape index (κ2) is 13.0. The molecule has 10 heteroatoms. The van der Waals surface area contributed by atoms with Gasteiger partial charge in [0.05, 0.1) is 0 Å². The van der Waals surface area contributed by atoms with Gasteiger partial charge in [0, 0.05) is 47.6 Å². The third kappa shape index (κ3) is 5.54. The zero-order valence-electron chi connectivity index (χ0n) is 29.2. The Balaban J connectivity index is 1.09. The molecule has 10 radical (unpaired) electrons. The van der Waals surface area contributed by atoms with Crippen LogP contribution in [0.5, 0.6) is 0 Å². The van der Waals surface area contributed by atoms with E-state index in [1.54, 1.807) is 0 Å². The Kier molecular flexibility index (Phi) is 7.93. The van der Waals surface area contributed by atoms with E-state index in [0.29, 0.717) is 23.0 Å². The van der Waals surface area contributed by atoms with Crippen molar-refractivity contribution in [1.29, 1.82) is 0 Å². The molecule has 0 spiro atoms. The number of benzene rings is 7. The van der Waals surface area contributed by atoms with E-state index in [4.69, 9.17) is 58.6 Å². The molecule has 0 fully saturated rings. The van der Waals surface area contributed by atoms with E-state index in [-0.39, 0.29) is 27.3 Å². The largest absolute Gasteiger partial charge is 0.456 e. The van der Waals surface area contributed by atoms with E-state index in [1.807, 2.05) is 78.1 Å². The van der Waals surface area contributed by atoms with Crippen LogP contribution < -0.4 is 27.3 Å². The summed E-state index contributed by atoms with van der Waals surface area (Å²) in [5, 5.41) is 4.53. The maximum absolute atomic E-state index is 6.36. The SMILES string of the molecule is [B]c1c([B])c([B])c(-c2ccc(-c3nc(-c4ccccc4)nc(-c4ccc5oc6ccc(-c7cccc8c7sc7ccccc78)cc6c5c4)n3)cc2)c([B])c1[B]. The third-order valence-electron chi connectivity index (χ3n) is 10.2. The molecule has 0 bridgehead atoms. The van der Waals surface area contributed by atoms with Crippen molar-refractivity contribution in [2.75, 3.05) is 0 Å². The fourth-order valence-corrected chi connectivity index (χ4v) is 8.59. The fraction of sp³-hybridized carbons (Fsp3) is 0. The van der Waals surface area contributed by atoms with Gasteiger partial charge in [-0.25, -0.2) is 15.0 Å². The van der Waals surface area contributed by atoms with Crippen LogP contribution in [0.2, 0.25) is 0 Å². The predicted octanol–water partition coefficient (Wildman–Crippen LogP) is 6.44. The molecule has 4 nitrogen and oxygen atoms in total. The van der Waals surface area contributed by atoms with Gasteiger partial charge in [0.15, 0.2) is 17.5 Å². The summed E-state index contributed by atoms with van der Waals surface area (Å²) in [7, 11) is 31.1. The van der Waals surface area contributed by atoms with Gasteiger partial charge in [0.2, 0.25) is 0 Å². The molecule has 10 aromatic rings. The van der Waals surface area contributed by atoms with E-state index in [2.05, 4.69) is 66.7 Å². The Morgan fingerprint density at radius 2 is 0.909 bits per heavy atom. The Bertz CT molecular complexity index is 3130. The van der Waals surface area contributed by atoms with Crippen LogP contribution in [-0.4, -0.2) is 54.2 Å². The molecule has 7 aromatic carbocycles. The number of thiophene rings is 1. The lowest BCUT2D eigenvalue weighted by molar-refractivity contribution is 0.669. The van der Waals surface area contributed by atoms with Gasteiger partial charge in [-0.05, 0) is 58.7 Å². The highest BCUT2D eigenvalue weighted by Crippen LogP contribution is 2.41. The van der Waals surface area contributed by atoms with E-state index in [9.17, 15) is 0 Å². The average Bonchev–Trinajstić information content (AvgIpc) is 3.80. The van der Waals surface area contributed by atoms with E-state index >= 15 is 0 Å². The van der Waals surface area contributed by atoms with Gasteiger partial charge in [-0.1, -0.05) is 108 Å². The van der Waals surface area contributed by atoms with Crippen LogP contribution >= 0.6 is 11.3 Å². The molecule has 55 heavy (non-hydrogen) atoms. The molecule has 0 aliphatic carbocycles. The van der Waals surface area contributed by atoms with Crippen molar-refractivity contribution >= 4 is 120 Å². The summed E-state index contributed by atoms with van der Waals surface area (Å²) in [5.41, 5.74) is 8.78. The first-order valence-electron chi connectivity index (χ1n) is 17.6. The summed E-state index contributed by atoms with van der Waals surface area (Å²) in [6.07, 6.45) is 0. The minimum Gasteiger partial charge on any atom is -0.456 e. The minimum absolute atomic E-state index is 0.174. The van der Waals surface area contributed by atoms with Crippen LogP contribution in [0.25, 0.3) is 98.5 Å². The number of furan rings is 1. The molecule has 0 aliphatic heterocycles. The van der Waals surface area contributed by atoms with Crippen molar-refractivity contribution in [2.45, 2.75) is 0 Å². The standard InChI is InChI=1S/C45H22B5N3OS/c46-37-36(38(47)40(49)41(50)39(37)48)23-13-15-25(16-14-23)44-51-43(24-7-2-1-3-8-24)52-45(53-44)27-18-20-34-32(22-27)31-21-26(17-19-33(31)54-34)28-10-6-11-30-29-9-4-5-12-35(29)55-42(28)30/h1-22H. The first kappa shape index (κ1) is 33.5. The summed E-state index contributed by atoms with van der Waals surface area (Å²) >= 11 is 1.82. The highest BCUT2D eigenvalue weighted by Gasteiger charge is 2.18. The van der Waals surface area contributed by atoms with Crippen molar-refractivity contribution in [1.82, 2.24) is 15.0 Å². The summed E-state index contributed by atoms with van der Waals surface area (Å²) in [4.78, 5) is 14.9. The van der Waals surface area contributed by atoms with Gasteiger partial charge < -0.3 is 4.42 Å². The number of hydrogen-bond acceptors (Lipinski definition) is 5. The molecule has 10 rings (SSSR count). The quantitative estimate of drug-likeness (QED) is 0.194. The highest BCUT2D eigenvalue weighted by atomic mass is 32.1. The topological polar surface area (TPSA) is 51.8 Å². The number of aromatic nitrogens is 3. The van der Waals surface area contributed by atoms with Crippen molar-refractivity contribution in [3.8, 4) is 56.4 Å². The number of rotatable bonds is 5. The van der Waals surface area contributed by atoms with E-state index in [0.717, 1.165) is 49.8 Å². The van der Waals surface area contributed by atoms with Crippen molar-refractivity contribution in [3.63, 3.8) is 0 Å². The zero-order chi connectivity index (χ0) is 37.4. The van der Waals surface area contributed by atoms with E-state index in [1.165, 1.54) is 25.7 Å². The molecular formula is C45H22B5N3OS. The maximum atomic E-state index is 6.36. The monoisotopic (exact) mass is 707 g/mol. The number of nitrogens with zero attached hydrogens (tertiary/aromatic N) is 3. The van der Waals surface area contributed by atoms with Crippen LogP contribution in [0.1, 0.15) is 0 Å². The Labute approximate surface area is 327 Å². The molecule has 0 saturated carbocycles. The second-order valence-electron chi connectivity index (χ2n) is 13.5. The smallest absolute Gasteiger partial charge is 0.164 e. The van der Waals surface area contributed by atoms with Crippen molar-refractivity contribution < 1.29 is 4.42 Å². The molecule has 3 heterocycles. The Hall–Kier alpha value is -6.11. The second-order valence-corrected chi connectivity index (χ2v) is 14.5. The highest BCUT2D eigenvalue weighted by molar-refractivity contribution is 7.26. The van der Waals surface area contributed by atoms with Crippen LogP contribution in [0.4, 0.5) is 0 Å². The Morgan fingerprint density at radius 3 is 1.60 bits per heavy atom. The summed E-state index contributed by atoms with van der Waals surface area (Å²) in [6, 6.07) is 45.1. The first-order valence-corrected chi connectivity index (χ1v) is 18.4. The van der Waals surface area contributed by atoms with Crippen LogP contribution in [0, 0.1) is 0 Å². The predicted molar refractivity (Wildman–Crippen MR) is 234 cm³/mol. The van der Waals surface area contributed by atoms with Gasteiger partial charge in [-0.2, -0.15) is 0 Å². The molecular weight excluding hydrogens is 685 g/mol. The maximum Gasteiger partial charge on any atom is 0.164 e. The van der Waals surface area contributed by atoms with Crippen LogP contribution in [0.3, 0.4) is 0 Å². The van der Waals surface area contributed by atoms with Gasteiger partial charge in [-0.15, -0.1) is 27.7 Å². The lowest BCUT2D eigenvalue weighted by Crippen LogP contribution is -2.55. The molecule has 0 unspecified atom stereocenters. The molecule has 0 aliphatic rings. The number of hydrogen-bond donors (Lipinski definition) is 0. The lowest BCUT2D eigenvalue weighted by atomic mass is 9.59. The van der Waals surface area contributed by atoms with Crippen molar-refractivity contribution in [2.24, 2.45) is 0 Å². The Morgan fingerprint density at radius 1 is 0.400 bits per heavy atom. The molecule has 0 saturated heterocycles. The average molecular weight is 707 g/mol. The summed E-state index contributed by atoms with van der Waals surface area (Å²) < 4.78 is 8.89. The van der Waals surface area contributed by atoms with Gasteiger partial charge in [0.25, 0.3) is 0 Å². The van der Waals surface area contributed by atoms with Crippen LogP contribution in [0.15, 0.2) is 138 Å². The molecule has 0 amide bonds. The molecule has 0 atom stereocenters. The number of fused-ring (bicyclic) bond motifs is 6. The van der Waals surface area contributed by atoms with Gasteiger partial charge in [0.1, 0.15) is 50.4 Å². The summed E-state index contributed by atoms with van der Waals surface area (Å²) in [6.45, 7) is 0. The molecule has 3 aromatic heterocycles. The first-order chi connectivity index (χ1) is 26.8. The van der Waals surface area contributed by atoms with Gasteiger partial charge >= 0.3 is 0 Å².